The van der Waals surface area contributed by atoms with E-state index in [1.54, 1.807) is 0 Å². The van der Waals surface area contributed by atoms with Crippen LogP contribution >= 0.6 is 0 Å². The van der Waals surface area contributed by atoms with E-state index < -0.39 is 6.10 Å². The molecule has 3 unspecified atom stereocenters. The lowest BCUT2D eigenvalue weighted by molar-refractivity contribution is 0.0813. The highest BCUT2D eigenvalue weighted by atomic mass is 16.3. The fourth-order valence-electron chi connectivity index (χ4n) is 3.16. The highest BCUT2D eigenvalue weighted by molar-refractivity contribution is 6.11. The number of fused-ring (bicyclic) bond motifs is 1. The number of hydrogen-bond donors (Lipinski definition) is 2. The molecule has 18 heavy (non-hydrogen) atoms. The summed E-state index contributed by atoms with van der Waals surface area (Å²) in [5, 5.41) is 13.8. The molecule has 3 rings (SSSR count). The molecule has 2 heterocycles. The van der Waals surface area contributed by atoms with E-state index in [4.69, 9.17) is 7.85 Å². The maximum Gasteiger partial charge on any atom is 0.0987 e. The van der Waals surface area contributed by atoms with Crippen molar-refractivity contribution in [2.75, 3.05) is 0 Å². The largest absolute Gasteiger partial charge is 0.387 e. The summed E-state index contributed by atoms with van der Waals surface area (Å²) in [5.74, 6) is 0.517. The molecular formula is C14H19BN2O. The molecule has 1 aromatic heterocycles. The predicted molar refractivity (Wildman–Crippen MR) is 71.2 cm³/mol. The Kier molecular flexibility index (Phi) is 3.40. The summed E-state index contributed by atoms with van der Waals surface area (Å²) in [6, 6.07) is 2.06. The van der Waals surface area contributed by atoms with E-state index in [0.29, 0.717) is 0 Å². The molecule has 1 aliphatic heterocycles. The Morgan fingerprint density at radius 2 is 2.17 bits per heavy atom. The van der Waals surface area contributed by atoms with Gasteiger partial charge in [0.05, 0.1) is 19.6 Å². The van der Waals surface area contributed by atoms with Crippen LogP contribution in [0.1, 0.15) is 48.6 Å². The average Bonchev–Trinajstić information content (AvgIpc) is 2.85. The molecule has 3 nitrogen and oxygen atoms in total. The zero-order valence-electron chi connectivity index (χ0n) is 10.6. The van der Waals surface area contributed by atoms with E-state index in [0.717, 1.165) is 44.5 Å². The van der Waals surface area contributed by atoms with Crippen LogP contribution in [-0.4, -0.2) is 17.9 Å². The first-order chi connectivity index (χ1) is 8.74. The van der Waals surface area contributed by atoms with Gasteiger partial charge >= 0.3 is 0 Å². The summed E-state index contributed by atoms with van der Waals surface area (Å²) in [5.41, 5.74) is 3.35. The van der Waals surface area contributed by atoms with Crippen molar-refractivity contribution in [2.45, 2.75) is 50.7 Å². The molecule has 0 aromatic carbocycles. The second-order valence-corrected chi connectivity index (χ2v) is 5.61. The Balaban J connectivity index is 1.77. The highest BCUT2D eigenvalue weighted by Gasteiger charge is 2.27. The first-order valence-corrected chi connectivity index (χ1v) is 6.86. The van der Waals surface area contributed by atoms with Gasteiger partial charge in [0, 0.05) is 19.3 Å². The van der Waals surface area contributed by atoms with Gasteiger partial charge in [-0.05, 0) is 29.5 Å². The first-order valence-electron chi connectivity index (χ1n) is 6.86. The molecule has 0 saturated heterocycles. The van der Waals surface area contributed by atoms with Crippen molar-refractivity contribution in [3.63, 3.8) is 0 Å². The number of rotatable bonds is 2. The third kappa shape index (κ3) is 2.32. The molecule has 2 radical (unpaired) electrons. The van der Waals surface area contributed by atoms with E-state index in [-0.39, 0.29) is 11.7 Å². The second-order valence-electron chi connectivity index (χ2n) is 5.61. The van der Waals surface area contributed by atoms with Crippen LogP contribution in [0.5, 0.6) is 0 Å². The summed E-state index contributed by atoms with van der Waals surface area (Å²) in [7, 11) is 5.99. The van der Waals surface area contributed by atoms with Gasteiger partial charge in [-0.2, -0.15) is 0 Å². The minimum Gasteiger partial charge on any atom is -0.387 e. The number of aromatic nitrogens is 1. The van der Waals surface area contributed by atoms with Crippen LogP contribution in [-0.2, 0) is 13.1 Å². The van der Waals surface area contributed by atoms with Gasteiger partial charge in [-0.25, -0.2) is 0 Å². The minimum atomic E-state index is -0.456. The third-order valence-corrected chi connectivity index (χ3v) is 4.24. The van der Waals surface area contributed by atoms with Crippen LogP contribution in [0.15, 0.2) is 12.3 Å². The number of hydrogen-bond acceptors (Lipinski definition) is 3. The monoisotopic (exact) mass is 242 g/mol. The van der Waals surface area contributed by atoms with E-state index in [9.17, 15) is 5.11 Å². The molecule has 0 amide bonds. The standard InChI is InChI=1S/C14H19BN2O/c15-12-3-1-2-9(4-12)14(18)13-5-10-6-16-7-11(10)8-17-13/h5,8-9,12,14,16,18H,1-4,6-7H2. The fraction of sp³-hybridized carbons (Fsp3) is 0.643. The number of aliphatic hydroxyl groups is 1. The Morgan fingerprint density at radius 1 is 1.33 bits per heavy atom. The number of nitrogens with zero attached hydrogens (tertiary/aromatic N) is 1. The zero-order chi connectivity index (χ0) is 12.5. The molecule has 3 atom stereocenters. The van der Waals surface area contributed by atoms with Crippen molar-refractivity contribution in [3.05, 3.63) is 29.1 Å². The average molecular weight is 242 g/mol. The zero-order valence-corrected chi connectivity index (χ0v) is 10.6. The molecule has 1 aromatic rings. The Morgan fingerprint density at radius 3 is 3.00 bits per heavy atom. The molecule has 2 aliphatic rings. The fourth-order valence-corrected chi connectivity index (χ4v) is 3.16. The second kappa shape index (κ2) is 5.02. The van der Waals surface area contributed by atoms with Gasteiger partial charge in [0.2, 0.25) is 0 Å². The third-order valence-electron chi connectivity index (χ3n) is 4.24. The van der Waals surface area contributed by atoms with Crippen molar-refractivity contribution >= 4 is 7.85 Å². The molecule has 1 saturated carbocycles. The first kappa shape index (κ1) is 12.2. The predicted octanol–water partition coefficient (Wildman–Crippen LogP) is 1.87. The van der Waals surface area contributed by atoms with Crippen LogP contribution in [0.2, 0.25) is 5.82 Å². The van der Waals surface area contributed by atoms with Gasteiger partial charge in [-0.3, -0.25) is 4.98 Å². The Bertz CT molecular complexity index is 438. The molecule has 1 fully saturated rings. The van der Waals surface area contributed by atoms with Crippen molar-refractivity contribution < 1.29 is 5.11 Å². The topological polar surface area (TPSA) is 45.2 Å². The van der Waals surface area contributed by atoms with Gasteiger partial charge in [0.1, 0.15) is 0 Å². The summed E-state index contributed by atoms with van der Waals surface area (Å²) in [6.45, 7) is 1.79. The maximum atomic E-state index is 10.5. The van der Waals surface area contributed by atoms with E-state index in [2.05, 4.69) is 16.4 Å². The number of aliphatic hydroxyl groups excluding tert-OH is 1. The molecular weight excluding hydrogens is 223 g/mol. The van der Waals surface area contributed by atoms with E-state index in [1.165, 1.54) is 11.1 Å². The van der Waals surface area contributed by atoms with Gasteiger partial charge in [0.25, 0.3) is 0 Å². The molecule has 0 spiro atoms. The van der Waals surface area contributed by atoms with Gasteiger partial charge < -0.3 is 10.4 Å². The lowest BCUT2D eigenvalue weighted by atomic mass is 9.69. The Hall–Kier alpha value is -0.865. The summed E-state index contributed by atoms with van der Waals surface area (Å²) in [6.07, 6.45) is 5.63. The van der Waals surface area contributed by atoms with Crippen molar-refractivity contribution in [2.24, 2.45) is 5.92 Å². The normalized spacial score (nSPS) is 28.9. The van der Waals surface area contributed by atoms with Crippen LogP contribution in [0, 0.1) is 5.92 Å². The quantitative estimate of drug-likeness (QED) is 0.778. The molecule has 2 N–H and O–H groups in total. The maximum absolute atomic E-state index is 10.5. The highest BCUT2D eigenvalue weighted by Crippen LogP contribution is 2.38. The van der Waals surface area contributed by atoms with Gasteiger partial charge in [0.15, 0.2) is 0 Å². The van der Waals surface area contributed by atoms with Crippen molar-refractivity contribution in [1.82, 2.24) is 10.3 Å². The van der Waals surface area contributed by atoms with Crippen molar-refractivity contribution in [3.8, 4) is 0 Å². The SMILES string of the molecule is [B]C1CCCC(C(O)c2cc3c(cn2)CNC3)C1. The van der Waals surface area contributed by atoms with E-state index >= 15 is 0 Å². The van der Waals surface area contributed by atoms with Crippen LogP contribution < -0.4 is 5.32 Å². The minimum absolute atomic E-state index is 0.245. The smallest absolute Gasteiger partial charge is 0.0987 e. The summed E-state index contributed by atoms with van der Waals surface area (Å²) < 4.78 is 0. The summed E-state index contributed by atoms with van der Waals surface area (Å²) >= 11 is 0. The number of pyridine rings is 1. The van der Waals surface area contributed by atoms with Crippen LogP contribution in [0.4, 0.5) is 0 Å². The lowest BCUT2D eigenvalue weighted by Gasteiger charge is -2.30. The van der Waals surface area contributed by atoms with Gasteiger partial charge in [-0.1, -0.05) is 25.1 Å². The Labute approximate surface area is 109 Å². The molecule has 94 valence electrons. The van der Waals surface area contributed by atoms with E-state index in [1.807, 2.05) is 6.20 Å². The van der Waals surface area contributed by atoms with Crippen LogP contribution in [0.3, 0.4) is 0 Å². The van der Waals surface area contributed by atoms with Crippen molar-refractivity contribution in [1.29, 1.82) is 0 Å². The summed E-state index contributed by atoms with van der Waals surface area (Å²) in [4.78, 5) is 4.42. The number of nitrogens with one attached hydrogen (secondary N) is 1. The molecule has 4 heteroatoms. The molecule has 1 aliphatic carbocycles. The van der Waals surface area contributed by atoms with Gasteiger partial charge in [-0.15, -0.1) is 0 Å². The van der Waals surface area contributed by atoms with Crippen LogP contribution in [0.25, 0.3) is 0 Å². The molecule has 0 bridgehead atoms. The lowest BCUT2D eigenvalue weighted by Crippen LogP contribution is -2.20.